The number of likely N-dealkylation sites (tertiary alicyclic amines) is 2. The first-order valence-corrected chi connectivity index (χ1v) is 9.25. The molecule has 2 heterocycles. The summed E-state index contributed by atoms with van der Waals surface area (Å²) in [5.74, 6) is 0.729. The highest BCUT2D eigenvalue weighted by molar-refractivity contribution is 5.88. The maximum absolute atomic E-state index is 13.0. The van der Waals surface area contributed by atoms with E-state index in [-0.39, 0.29) is 17.9 Å². The van der Waals surface area contributed by atoms with Crippen molar-refractivity contribution >= 4 is 11.8 Å². The SMILES string of the molecule is CCCC(=O)N1CCC[C@@H]1C(=O)N1CC[C@@H](c2ccccc2C)C1. The van der Waals surface area contributed by atoms with Gasteiger partial charge in [-0.15, -0.1) is 0 Å². The molecule has 0 saturated carbocycles. The van der Waals surface area contributed by atoms with Gasteiger partial charge in [-0.25, -0.2) is 0 Å². The molecule has 4 heteroatoms. The van der Waals surface area contributed by atoms with Crippen LogP contribution >= 0.6 is 0 Å². The van der Waals surface area contributed by atoms with Crippen molar-refractivity contribution in [1.82, 2.24) is 9.80 Å². The Morgan fingerprint density at radius 1 is 1.17 bits per heavy atom. The normalized spacial score (nSPS) is 23.8. The molecular weight excluding hydrogens is 300 g/mol. The molecule has 130 valence electrons. The van der Waals surface area contributed by atoms with Crippen LogP contribution in [0.4, 0.5) is 0 Å². The number of rotatable bonds is 4. The molecule has 1 aromatic rings. The lowest BCUT2D eigenvalue weighted by molar-refractivity contribution is -0.143. The second-order valence-corrected chi connectivity index (χ2v) is 7.12. The molecule has 2 fully saturated rings. The van der Waals surface area contributed by atoms with Crippen molar-refractivity contribution < 1.29 is 9.59 Å². The van der Waals surface area contributed by atoms with Crippen LogP contribution in [0.5, 0.6) is 0 Å². The highest BCUT2D eigenvalue weighted by atomic mass is 16.2. The number of hydrogen-bond acceptors (Lipinski definition) is 2. The Labute approximate surface area is 144 Å². The fourth-order valence-electron chi connectivity index (χ4n) is 4.15. The fraction of sp³-hybridized carbons (Fsp3) is 0.600. The van der Waals surface area contributed by atoms with Crippen molar-refractivity contribution in [3.63, 3.8) is 0 Å². The molecule has 3 rings (SSSR count). The van der Waals surface area contributed by atoms with Crippen LogP contribution in [0.2, 0.25) is 0 Å². The fourth-order valence-corrected chi connectivity index (χ4v) is 4.15. The van der Waals surface area contributed by atoms with Gasteiger partial charge >= 0.3 is 0 Å². The van der Waals surface area contributed by atoms with Crippen molar-refractivity contribution in [3.8, 4) is 0 Å². The van der Waals surface area contributed by atoms with Gasteiger partial charge in [0, 0.05) is 32.0 Å². The lowest BCUT2D eigenvalue weighted by atomic mass is 9.94. The summed E-state index contributed by atoms with van der Waals surface area (Å²) in [6.07, 6.45) is 4.18. The van der Waals surface area contributed by atoms with Crippen LogP contribution in [0.1, 0.15) is 56.1 Å². The molecular formula is C20H28N2O2. The number of benzene rings is 1. The summed E-state index contributed by atoms with van der Waals surface area (Å²) < 4.78 is 0. The molecule has 0 N–H and O–H groups in total. The van der Waals surface area contributed by atoms with Gasteiger partial charge < -0.3 is 9.80 Å². The maximum atomic E-state index is 13.0. The molecule has 0 aliphatic carbocycles. The van der Waals surface area contributed by atoms with E-state index in [4.69, 9.17) is 0 Å². The second kappa shape index (κ2) is 7.37. The molecule has 2 aliphatic rings. The maximum Gasteiger partial charge on any atom is 0.245 e. The van der Waals surface area contributed by atoms with E-state index in [0.29, 0.717) is 12.3 Å². The predicted molar refractivity (Wildman–Crippen MR) is 94.8 cm³/mol. The minimum atomic E-state index is -0.223. The lowest BCUT2D eigenvalue weighted by Crippen LogP contribution is -2.47. The Bertz CT molecular complexity index is 613. The number of amides is 2. The molecule has 2 aliphatic heterocycles. The number of nitrogens with zero attached hydrogens (tertiary/aromatic N) is 2. The Balaban J connectivity index is 1.66. The lowest BCUT2D eigenvalue weighted by Gasteiger charge is -2.28. The van der Waals surface area contributed by atoms with Gasteiger partial charge in [-0.3, -0.25) is 9.59 Å². The second-order valence-electron chi connectivity index (χ2n) is 7.12. The van der Waals surface area contributed by atoms with Crippen molar-refractivity contribution in [2.45, 2.75) is 57.9 Å². The first-order valence-electron chi connectivity index (χ1n) is 9.25. The van der Waals surface area contributed by atoms with Crippen LogP contribution < -0.4 is 0 Å². The van der Waals surface area contributed by atoms with E-state index < -0.39 is 0 Å². The third kappa shape index (κ3) is 3.33. The Morgan fingerprint density at radius 3 is 2.71 bits per heavy atom. The average Bonchev–Trinajstić information content (AvgIpc) is 3.24. The highest BCUT2D eigenvalue weighted by Gasteiger charge is 2.38. The van der Waals surface area contributed by atoms with E-state index in [0.717, 1.165) is 45.3 Å². The standard InChI is InChI=1S/C20H28N2O2/c1-3-7-19(23)22-12-6-10-18(22)20(24)21-13-11-16(14-21)17-9-5-4-8-15(17)2/h4-5,8-9,16,18H,3,6-7,10-14H2,1-2H3/t16-,18-/m1/s1. The molecule has 2 amide bonds. The van der Waals surface area contributed by atoms with Gasteiger partial charge in [-0.2, -0.15) is 0 Å². The first-order chi connectivity index (χ1) is 11.6. The van der Waals surface area contributed by atoms with E-state index in [1.807, 2.05) is 16.7 Å². The Kier molecular flexibility index (Phi) is 5.22. The molecule has 0 unspecified atom stereocenters. The summed E-state index contributed by atoms with van der Waals surface area (Å²) >= 11 is 0. The van der Waals surface area contributed by atoms with Crippen molar-refractivity contribution in [3.05, 3.63) is 35.4 Å². The zero-order chi connectivity index (χ0) is 17.1. The third-order valence-corrected chi connectivity index (χ3v) is 5.45. The summed E-state index contributed by atoms with van der Waals surface area (Å²) in [6.45, 7) is 6.49. The van der Waals surface area contributed by atoms with Crippen LogP contribution in [-0.2, 0) is 9.59 Å². The molecule has 0 bridgehead atoms. The third-order valence-electron chi connectivity index (χ3n) is 5.45. The van der Waals surface area contributed by atoms with E-state index in [1.54, 1.807) is 0 Å². The molecule has 0 spiro atoms. The average molecular weight is 328 g/mol. The van der Waals surface area contributed by atoms with Gasteiger partial charge in [0.1, 0.15) is 6.04 Å². The first kappa shape index (κ1) is 17.0. The van der Waals surface area contributed by atoms with Gasteiger partial charge in [0.2, 0.25) is 11.8 Å². The monoisotopic (exact) mass is 328 g/mol. The van der Waals surface area contributed by atoms with Crippen molar-refractivity contribution in [2.24, 2.45) is 0 Å². The van der Waals surface area contributed by atoms with Gasteiger partial charge in [0.05, 0.1) is 0 Å². The van der Waals surface area contributed by atoms with Crippen molar-refractivity contribution in [2.75, 3.05) is 19.6 Å². The van der Waals surface area contributed by atoms with E-state index in [9.17, 15) is 9.59 Å². The van der Waals surface area contributed by atoms with Crippen LogP contribution in [0.25, 0.3) is 0 Å². The van der Waals surface area contributed by atoms with Gasteiger partial charge in [0.15, 0.2) is 0 Å². The van der Waals surface area contributed by atoms with Crippen LogP contribution in [-0.4, -0.2) is 47.3 Å². The number of carbonyl (C=O) groups is 2. The molecule has 24 heavy (non-hydrogen) atoms. The topological polar surface area (TPSA) is 40.6 Å². The van der Waals surface area contributed by atoms with Gasteiger partial charge in [0.25, 0.3) is 0 Å². The summed E-state index contributed by atoms with van der Waals surface area (Å²) in [5, 5.41) is 0. The smallest absolute Gasteiger partial charge is 0.245 e. The minimum Gasteiger partial charge on any atom is -0.340 e. The van der Waals surface area contributed by atoms with E-state index in [2.05, 4.69) is 31.2 Å². The molecule has 0 radical (unpaired) electrons. The molecule has 4 nitrogen and oxygen atoms in total. The summed E-state index contributed by atoms with van der Waals surface area (Å²) in [4.78, 5) is 29.0. The quantitative estimate of drug-likeness (QED) is 0.852. The number of hydrogen-bond donors (Lipinski definition) is 0. The Morgan fingerprint density at radius 2 is 1.96 bits per heavy atom. The van der Waals surface area contributed by atoms with Crippen LogP contribution in [0, 0.1) is 6.92 Å². The van der Waals surface area contributed by atoms with Crippen LogP contribution in [0.15, 0.2) is 24.3 Å². The zero-order valence-corrected chi connectivity index (χ0v) is 14.8. The molecule has 2 atom stereocenters. The number of aryl methyl sites for hydroxylation is 1. The molecule has 2 saturated heterocycles. The van der Waals surface area contributed by atoms with E-state index >= 15 is 0 Å². The predicted octanol–water partition coefficient (Wildman–Crippen LogP) is 3.10. The largest absolute Gasteiger partial charge is 0.340 e. The molecule has 1 aromatic carbocycles. The minimum absolute atomic E-state index is 0.142. The summed E-state index contributed by atoms with van der Waals surface area (Å²) in [6, 6.07) is 8.24. The zero-order valence-electron chi connectivity index (χ0n) is 14.8. The Hall–Kier alpha value is -1.84. The van der Waals surface area contributed by atoms with Crippen molar-refractivity contribution in [1.29, 1.82) is 0 Å². The van der Waals surface area contributed by atoms with Gasteiger partial charge in [-0.1, -0.05) is 31.2 Å². The summed E-state index contributed by atoms with van der Waals surface area (Å²) in [5.41, 5.74) is 2.66. The number of carbonyl (C=O) groups excluding carboxylic acids is 2. The van der Waals surface area contributed by atoms with E-state index in [1.165, 1.54) is 11.1 Å². The van der Waals surface area contributed by atoms with Crippen LogP contribution in [0.3, 0.4) is 0 Å². The molecule has 0 aromatic heterocycles. The summed E-state index contributed by atoms with van der Waals surface area (Å²) in [7, 11) is 0. The highest BCUT2D eigenvalue weighted by Crippen LogP contribution is 2.31. The van der Waals surface area contributed by atoms with Gasteiger partial charge in [-0.05, 0) is 43.7 Å².